The Kier molecular flexibility index (Phi) is 2.08. The maximum Gasteiger partial charge on any atom is 0.152 e. The molecule has 0 radical (unpaired) electrons. The average molecular weight is 174 g/mol. The first-order valence-electron chi connectivity index (χ1n) is 4.26. The Morgan fingerprint density at radius 2 is 2.31 bits per heavy atom. The van der Waals surface area contributed by atoms with Crippen molar-refractivity contribution >= 4 is 0 Å². The Bertz CT molecular complexity index is 382. The van der Waals surface area contributed by atoms with Crippen LogP contribution in [0, 0.1) is 0 Å². The second-order valence-corrected chi connectivity index (χ2v) is 2.69. The third-order valence-electron chi connectivity index (χ3n) is 1.80. The van der Waals surface area contributed by atoms with E-state index in [1.807, 2.05) is 25.1 Å². The molecule has 0 amide bonds. The molecule has 0 aromatic carbocycles. The molecule has 0 aliphatic rings. The highest BCUT2D eigenvalue weighted by molar-refractivity contribution is 5.50. The van der Waals surface area contributed by atoms with Gasteiger partial charge in [-0.2, -0.15) is 0 Å². The molecule has 0 aliphatic heterocycles. The number of aromatic nitrogens is 2. The van der Waals surface area contributed by atoms with Gasteiger partial charge >= 0.3 is 0 Å². The molecule has 0 bridgehead atoms. The molecule has 0 saturated heterocycles. The van der Waals surface area contributed by atoms with Crippen molar-refractivity contribution in [2.45, 2.75) is 13.3 Å². The maximum atomic E-state index is 5.23. The van der Waals surface area contributed by atoms with Gasteiger partial charge in [0.15, 0.2) is 5.76 Å². The standard InChI is InChI=1S/C10H10N2O/c1-2-10-11-6-5-8(12-10)9-4-3-7-13-9/h3-7H,2H2,1H3. The lowest BCUT2D eigenvalue weighted by Gasteiger charge is -1.97. The molecule has 0 spiro atoms. The van der Waals surface area contributed by atoms with Gasteiger partial charge in [-0.15, -0.1) is 0 Å². The highest BCUT2D eigenvalue weighted by atomic mass is 16.3. The van der Waals surface area contributed by atoms with E-state index < -0.39 is 0 Å². The van der Waals surface area contributed by atoms with Crippen molar-refractivity contribution in [1.82, 2.24) is 9.97 Å². The Morgan fingerprint density at radius 1 is 1.38 bits per heavy atom. The molecule has 0 unspecified atom stereocenters. The number of hydrogen-bond acceptors (Lipinski definition) is 3. The first-order chi connectivity index (χ1) is 6.40. The molecule has 13 heavy (non-hydrogen) atoms. The molecular weight excluding hydrogens is 164 g/mol. The van der Waals surface area contributed by atoms with Crippen LogP contribution in [0.15, 0.2) is 35.1 Å². The minimum atomic E-state index is 0.789. The normalized spacial score (nSPS) is 10.2. The van der Waals surface area contributed by atoms with Crippen LogP contribution in [0.3, 0.4) is 0 Å². The monoisotopic (exact) mass is 174 g/mol. The van der Waals surface area contributed by atoms with Crippen molar-refractivity contribution in [1.29, 1.82) is 0 Å². The SMILES string of the molecule is CCc1nccc(-c2ccco2)n1. The molecule has 2 aromatic heterocycles. The van der Waals surface area contributed by atoms with Gasteiger partial charge in [-0.3, -0.25) is 0 Å². The predicted molar refractivity (Wildman–Crippen MR) is 49.1 cm³/mol. The fourth-order valence-electron chi connectivity index (χ4n) is 1.13. The Labute approximate surface area is 76.5 Å². The van der Waals surface area contributed by atoms with Gasteiger partial charge in [0.25, 0.3) is 0 Å². The first-order valence-corrected chi connectivity index (χ1v) is 4.26. The largest absolute Gasteiger partial charge is 0.463 e. The number of nitrogens with zero attached hydrogens (tertiary/aromatic N) is 2. The summed E-state index contributed by atoms with van der Waals surface area (Å²) in [4.78, 5) is 8.44. The molecule has 0 aliphatic carbocycles. The molecule has 3 nitrogen and oxygen atoms in total. The molecule has 0 atom stereocenters. The number of aryl methyl sites for hydroxylation is 1. The summed E-state index contributed by atoms with van der Waals surface area (Å²) in [5, 5.41) is 0. The Hall–Kier alpha value is -1.64. The van der Waals surface area contributed by atoms with Gasteiger partial charge in [0.05, 0.1) is 6.26 Å². The van der Waals surface area contributed by atoms with E-state index in [-0.39, 0.29) is 0 Å². The van der Waals surface area contributed by atoms with Gasteiger partial charge in [-0.1, -0.05) is 6.92 Å². The first kappa shape index (κ1) is 7.98. The molecule has 0 fully saturated rings. The van der Waals surface area contributed by atoms with Crippen molar-refractivity contribution < 1.29 is 4.42 Å². The van der Waals surface area contributed by atoms with E-state index in [9.17, 15) is 0 Å². The molecule has 2 heterocycles. The van der Waals surface area contributed by atoms with Gasteiger partial charge in [0, 0.05) is 12.6 Å². The zero-order valence-corrected chi connectivity index (χ0v) is 7.40. The lowest BCUT2D eigenvalue weighted by atomic mass is 10.3. The number of rotatable bonds is 2. The summed E-state index contributed by atoms with van der Waals surface area (Å²) in [5.41, 5.74) is 0.844. The van der Waals surface area contributed by atoms with Crippen molar-refractivity contribution in [3.05, 3.63) is 36.5 Å². The lowest BCUT2D eigenvalue weighted by Crippen LogP contribution is -1.92. The van der Waals surface area contributed by atoms with Crippen molar-refractivity contribution in [2.75, 3.05) is 0 Å². The third kappa shape index (κ3) is 1.59. The van der Waals surface area contributed by atoms with E-state index in [0.717, 1.165) is 23.7 Å². The highest BCUT2D eigenvalue weighted by Gasteiger charge is 2.02. The predicted octanol–water partition coefficient (Wildman–Crippen LogP) is 2.30. The molecule has 0 saturated carbocycles. The van der Waals surface area contributed by atoms with E-state index >= 15 is 0 Å². The van der Waals surface area contributed by atoms with Crippen LogP contribution in [-0.4, -0.2) is 9.97 Å². The van der Waals surface area contributed by atoms with E-state index in [1.54, 1.807) is 12.5 Å². The van der Waals surface area contributed by atoms with Gasteiger partial charge in [0.1, 0.15) is 11.5 Å². The summed E-state index contributed by atoms with van der Waals surface area (Å²) in [6, 6.07) is 5.59. The minimum Gasteiger partial charge on any atom is -0.463 e. The van der Waals surface area contributed by atoms with Crippen molar-refractivity contribution in [2.24, 2.45) is 0 Å². The molecule has 3 heteroatoms. The van der Waals surface area contributed by atoms with Crippen LogP contribution in [0.2, 0.25) is 0 Å². The van der Waals surface area contributed by atoms with E-state index in [1.165, 1.54) is 0 Å². The highest BCUT2D eigenvalue weighted by Crippen LogP contribution is 2.16. The minimum absolute atomic E-state index is 0.789. The van der Waals surface area contributed by atoms with Crippen LogP contribution in [0.4, 0.5) is 0 Å². The fraction of sp³-hybridized carbons (Fsp3) is 0.200. The summed E-state index contributed by atoms with van der Waals surface area (Å²) in [6.45, 7) is 2.03. The summed E-state index contributed by atoms with van der Waals surface area (Å²) < 4.78 is 5.23. The van der Waals surface area contributed by atoms with Crippen LogP contribution < -0.4 is 0 Å². The summed E-state index contributed by atoms with van der Waals surface area (Å²) in [7, 11) is 0. The van der Waals surface area contributed by atoms with Crippen LogP contribution >= 0.6 is 0 Å². The van der Waals surface area contributed by atoms with Gasteiger partial charge in [-0.05, 0) is 18.2 Å². The van der Waals surface area contributed by atoms with Crippen molar-refractivity contribution in [3.63, 3.8) is 0 Å². The molecule has 2 rings (SSSR count). The molecule has 2 aromatic rings. The lowest BCUT2D eigenvalue weighted by molar-refractivity contribution is 0.579. The second-order valence-electron chi connectivity index (χ2n) is 2.69. The zero-order chi connectivity index (χ0) is 9.10. The molecular formula is C10H10N2O. The van der Waals surface area contributed by atoms with Gasteiger partial charge in [-0.25, -0.2) is 9.97 Å². The summed E-state index contributed by atoms with van der Waals surface area (Å²) in [5.74, 6) is 1.63. The zero-order valence-electron chi connectivity index (χ0n) is 7.40. The molecule has 0 N–H and O–H groups in total. The Morgan fingerprint density at radius 3 is 3.00 bits per heavy atom. The van der Waals surface area contributed by atoms with Gasteiger partial charge < -0.3 is 4.42 Å². The topological polar surface area (TPSA) is 38.9 Å². The van der Waals surface area contributed by atoms with Crippen molar-refractivity contribution in [3.8, 4) is 11.5 Å². The van der Waals surface area contributed by atoms with Crippen LogP contribution in [0.25, 0.3) is 11.5 Å². The van der Waals surface area contributed by atoms with E-state index in [0.29, 0.717) is 0 Å². The van der Waals surface area contributed by atoms with Crippen LogP contribution in [0.5, 0.6) is 0 Å². The average Bonchev–Trinajstić information content (AvgIpc) is 2.71. The molecule has 66 valence electrons. The quantitative estimate of drug-likeness (QED) is 0.701. The van der Waals surface area contributed by atoms with Crippen LogP contribution in [-0.2, 0) is 6.42 Å². The number of hydrogen-bond donors (Lipinski definition) is 0. The number of furan rings is 1. The third-order valence-corrected chi connectivity index (χ3v) is 1.80. The van der Waals surface area contributed by atoms with E-state index in [2.05, 4.69) is 9.97 Å². The summed E-state index contributed by atoms with van der Waals surface area (Å²) in [6.07, 6.45) is 4.24. The van der Waals surface area contributed by atoms with Gasteiger partial charge in [0.2, 0.25) is 0 Å². The second kappa shape index (κ2) is 3.39. The van der Waals surface area contributed by atoms with E-state index in [4.69, 9.17) is 4.42 Å². The van der Waals surface area contributed by atoms with Crippen LogP contribution in [0.1, 0.15) is 12.7 Å². The summed E-state index contributed by atoms with van der Waals surface area (Å²) >= 11 is 0. The Balaban J connectivity index is 2.41. The maximum absolute atomic E-state index is 5.23. The fourth-order valence-corrected chi connectivity index (χ4v) is 1.13. The smallest absolute Gasteiger partial charge is 0.152 e.